The molecule has 9 heteroatoms. The fraction of sp³-hybridized carbons (Fsp3) is 0.375. The van der Waals surface area contributed by atoms with E-state index in [0.29, 0.717) is 0 Å². The number of amides is 1. The molecule has 0 bridgehead atoms. The Kier molecular flexibility index (Phi) is 3.49. The van der Waals surface area contributed by atoms with Gasteiger partial charge in [0.05, 0.1) is 0 Å². The Hall–Kier alpha value is -1.53. The number of rotatable bonds is 2. The molecule has 1 aliphatic rings. The second-order valence-corrected chi connectivity index (χ2v) is 4.51. The molecule has 17 heavy (non-hydrogen) atoms. The zero-order chi connectivity index (χ0) is 13.3. The average Bonchev–Trinajstić information content (AvgIpc) is 2.31. The summed E-state index contributed by atoms with van der Waals surface area (Å²) in [4.78, 5) is 12.0. The minimum Gasteiger partial charge on any atom is -0.312 e. The molecule has 0 aromatic rings. The SMILES string of the molecule is CN1C=CC(OS(=O)(=O)C(F)(F)F)C#CC1=O. The number of nitrogens with zero attached hydrogens (tertiary/aromatic N) is 1. The Labute approximate surface area is 95.0 Å². The third-order valence-electron chi connectivity index (χ3n) is 1.64. The Morgan fingerprint density at radius 2 is 2.06 bits per heavy atom. The molecule has 0 fully saturated rings. The van der Waals surface area contributed by atoms with Gasteiger partial charge in [0, 0.05) is 13.2 Å². The fourth-order valence-corrected chi connectivity index (χ4v) is 1.29. The maximum absolute atomic E-state index is 12.0. The van der Waals surface area contributed by atoms with Gasteiger partial charge in [-0.2, -0.15) is 21.6 Å². The predicted octanol–water partition coefficient (Wildman–Crippen LogP) is 0.210. The van der Waals surface area contributed by atoms with E-state index in [9.17, 15) is 26.4 Å². The first-order chi connectivity index (χ1) is 7.63. The molecular formula is C8H6F3NO4S. The van der Waals surface area contributed by atoms with Crippen LogP contribution in [0.15, 0.2) is 12.3 Å². The van der Waals surface area contributed by atoms with Crippen LogP contribution >= 0.6 is 0 Å². The van der Waals surface area contributed by atoms with Gasteiger partial charge in [-0.05, 0) is 12.0 Å². The standard InChI is InChI=1S/C8H6F3NO4S/c1-12-5-4-6(2-3-7(12)13)16-17(14,15)8(9,10)11/h4-6H,1H3. The van der Waals surface area contributed by atoms with Gasteiger partial charge in [0.15, 0.2) is 6.10 Å². The van der Waals surface area contributed by atoms with Gasteiger partial charge in [0.25, 0.3) is 0 Å². The van der Waals surface area contributed by atoms with E-state index in [0.717, 1.165) is 17.2 Å². The van der Waals surface area contributed by atoms with E-state index in [2.05, 4.69) is 4.18 Å². The van der Waals surface area contributed by atoms with Crippen LogP contribution in [-0.2, 0) is 19.1 Å². The van der Waals surface area contributed by atoms with Gasteiger partial charge in [-0.25, -0.2) is 4.18 Å². The first-order valence-electron chi connectivity index (χ1n) is 4.10. The predicted molar refractivity (Wildman–Crippen MR) is 49.5 cm³/mol. The Morgan fingerprint density at radius 1 is 1.47 bits per heavy atom. The van der Waals surface area contributed by atoms with Gasteiger partial charge in [0.1, 0.15) is 0 Å². The zero-order valence-corrected chi connectivity index (χ0v) is 9.17. The van der Waals surface area contributed by atoms with Gasteiger partial charge in [-0.15, -0.1) is 0 Å². The van der Waals surface area contributed by atoms with Gasteiger partial charge >= 0.3 is 21.5 Å². The van der Waals surface area contributed by atoms with Gasteiger partial charge in [-0.3, -0.25) is 4.79 Å². The van der Waals surface area contributed by atoms with E-state index in [1.54, 1.807) is 0 Å². The van der Waals surface area contributed by atoms with Crippen LogP contribution in [0, 0.1) is 11.8 Å². The maximum atomic E-state index is 12.0. The molecule has 0 radical (unpaired) electrons. The van der Waals surface area contributed by atoms with E-state index in [4.69, 9.17) is 0 Å². The molecule has 0 saturated carbocycles. The van der Waals surface area contributed by atoms with E-state index >= 15 is 0 Å². The fourth-order valence-electron chi connectivity index (χ4n) is 0.791. The van der Waals surface area contributed by atoms with Crippen molar-refractivity contribution in [3.8, 4) is 11.8 Å². The second-order valence-electron chi connectivity index (χ2n) is 2.94. The summed E-state index contributed by atoms with van der Waals surface area (Å²) in [6.45, 7) is 0. The summed E-state index contributed by atoms with van der Waals surface area (Å²) in [6.07, 6.45) is 0.350. The topological polar surface area (TPSA) is 63.7 Å². The average molecular weight is 269 g/mol. The highest BCUT2D eigenvalue weighted by atomic mass is 32.2. The highest BCUT2D eigenvalue weighted by Crippen LogP contribution is 2.25. The van der Waals surface area contributed by atoms with Crippen molar-refractivity contribution in [1.82, 2.24) is 4.90 Å². The second kappa shape index (κ2) is 4.38. The van der Waals surface area contributed by atoms with Crippen LogP contribution in [0.3, 0.4) is 0 Å². The lowest BCUT2D eigenvalue weighted by atomic mass is 10.3. The van der Waals surface area contributed by atoms with E-state index in [1.165, 1.54) is 7.05 Å². The quantitative estimate of drug-likeness (QED) is 0.408. The molecule has 0 aliphatic carbocycles. The maximum Gasteiger partial charge on any atom is 0.523 e. The molecule has 1 aliphatic heterocycles. The zero-order valence-electron chi connectivity index (χ0n) is 8.35. The van der Waals surface area contributed by atoms with Gasteiger partial charge < -0.3 is 4.90 Å². The first-order valence-corrected chi connectivity index (χ1v) is 5.50. The van der Waals surface area contributed by atoms with Gasteiger partial charge in [0.2, 0.25) is 0 Å². The molecule has 0 N–H and O–H groups in total. The number of carbonyl (C=O) groups is 1. The monoisotopic (exact) mass is 269 g/mol. The summed E-state index contributed by atoms with van der Waals surface area (Å²) < 4.78 is 61.1. The first kappa shape index (κ1) is 13.5. The molecular weight excluding hydrogens is 263 g/mol. The summed E-state index contributed by atoms with van der Waals surface area (Å²) in [5, 5.41) is 0. The summed E-state index contributed by atoms with van der Waals surface area (Å²) >= 11 is 0. The van der Waals surface area contributed by atoms with Crippen LogP contribution in [-0.4, -0.2) is 37.9 Å². The molecule has 5 nitrogen and oxygen atoms in total. The summed E-state index contributed by atoms with van der Waals surface area (Å²) in [6, 6.07) is 0. The van der Waals surface area contributed by atoms with Crippen LogP contribution in [0.4, 0.5) is 13.2 Å². The number of carbonyl (C=O) groups excluding carboxylic acids is 1. The summed E-state index contributed by atoms with van der Waals surface area (Å²) in [5.74, 6) is 3.21. The van der Waals surface area contributed by atoms with E-state index in [-0.39, 0.29) is 0 Å². The van der Waals surface area contributed by atoms with E-state index in [1.807, 2.05) is 11.8 Å². The number of hydrogen-bond donors (Lipinski definition) is 0. The van der Waals surface area contributed by atoms with Crippen molar-refractivity contribution in [2.45, 2.75) is 11.6 Å². The van der Waals surface area contributed by atoms with Crippen LogP contribution in [0.25, 0.3) is 0 Å². The molecule has 1 atom stereocenters. The minimum absolute atomic E-state index is 0.684. The minimum atomic E-state index is -5.73. The van der Waals surface area contributed by atoms with Crippen LogP contribution in [0.1, 0.15) is 0 Å². The molecule has 0 aromatic carbocycles. The van der Waals surface area contributed by atoms with Crippen LogP contribution in [0.2, 0.25) is 0 Å². The van der Waals surface area contributed by atoms with Crippen molar-refractivity contribution in [2.24, 2.45) is 0 Å². The molecule has 1 heterocycles. The molecule has 1 amide bonds. The third-order valence-corrected chi connectivity index (χ3v) is 2.67. The Balaban J connectivity index is 2.92. The molecule has 1 unspecified atom stereocenters. The smallest absolute Gasteiger partial charge is 0.312 e. The van der Waals surface area contributed by atoms with Gasteiger partial charge in [-0.1, -0.05) is 5.92 Å². The van der Waals surface area contributed by atoms with Crippen molar-refractivity contribution < 1.29 is 30.6 Å². The Morgan fingerprint density at radius 3 is 2.59 bits per heavy atom. The highest BCUT2D eigenvalue weighted by Gasteiger charge is 2.48. The highest BCUT2D eigenvalue weighted by molar-refractivity contribution is 7.87. The van der Waals surface area contributed by atoms with Crippen LogP contribution in [0.5, 0.6) is 0 Å². The summed E-state index contributed by atoms with van der Waals surface area (Å²) in [5.41, 5.74) is -5.52. The molecule has 0 aromatic heterocycles. The normalized spacial score (nSPS) is 20.8. The van der Waals surface area contributed by atoms with Crippen molar-refractivity contribution in [3.05, 3.63) is 12.3 Å². The molecule has 0 saturated heterocycles. The lowest BCUT2D eigenvalue weighted by Gasteiger charge is -2.10. The molecule has 0 spiro atoms. The number of hydrogen-bond acceptors (Lipinski definition) is 4. The van der Waals surface area contributed by atoms with Crippen molar-refractivity contribution in [1.29, 1.82) is 0 Å². The summed E-state index contributed by atoms with van der Waals surface area (Å²) in [7, 11) is -4.42. The van der Waals surface area contributed by atoms with Crippen molar-refractivity contribution in [2.75, 3.05) is 7.05 Å². The van der Waals surface area contributed by atoms with Crippen molar-refractivity contribution in [3.63, 3.8) is 0 Å². The largest absolute Gasteiger partial charge is 0.523 e. The molecule has 1 rings (SSSR count). The van der Waals surface area contributed by atoms with E-state index < -0.39 is 27.6 Å². The third kappa shape index (κ3) is 3.21. The number of alkyl halides is 3. The molecule has 94 valence electrons. The lowest BCUT2D eigenvalue weighted by molar-refractivity contribution is -0.121. The van der Waals surface area contributed by atoms with Crippen LogP contribution < -0.4 is 0 Å². The number of halogens is 3. The van der Waals surface area contributed by atoms with Crippen molar-refractivity contribution >= 4 is 16.0 Å². The Bertz CT molecular complexity index is 511. The lowest BCUT2D eigenvalue weighted by Crippen LogP contribution is -2.28.